The fourth-order valence-electron chi connectivity index (χ4n) is 5.97. The Labute approximate surface area is 248 Å². The molecule has 2 atom stereocenters. The van der Waals surface area contributed by atoms with E-state index >= 15 is 0 Å². The van der Waals surface area contributed by atoms with Crippen molar-refractivity contribution in [2.24, 2.45) is 0 Å². The van der Waals surface area contributed by atoms with E-state index < -0.39 is 17.4 Å². The predicted octanol–water partition coefficient (Wildman–Crippen LogP) is 4.04. The average Bonchev–Trinajstić information content (AvgIpc) is 3.62. The van der Waals surface area contributed by atoms with Crippen LogP contribution in [0.3, 0.4) is 0 Å². The van der Waals surface area contributed by atoms with Crippen molar-refractivity contribution in [3.05, 3.63) is 77.5 Å². The molecule has 1 spiro atoms. The van der Waals surface area contributed by atoms with Gasteiger partial charge in [-0.3, -0.25) is 14.7 Å². The van der Waals surface area contributed by atoms with Gasteiger partial charge in [0.15, 0.2) is 23.3 Å². The molecule has 0 bridgehead atoms. The van der Waals surface area contributed by atoms with Gasteiger partial charge in [0.05, 0.1) is 18.4 Å². The highest BCUT2D eigenvalue weighted by molar-refractivity contribution is 5.99. The van der Waals surface area contributed by atoms with Gasteiger partial charge in [-0.05, 0) is 64.2 Å². The van der Waals surface area contributed by atoms with Crippen molar-refractivity contribution in [3.63, 3.8) is 0 Å². The first-order chi connectivity index (χ1) is 20.7. The van der Waals surface area contributed by atoms with Crippen LogP contribution in [0.1, 0.15) is 61.9 Å². The average molecular weight is 585 g/mol. The van der Waals surface area contributed by atoms with Crippen molar-refractivity contribution in [3.8, 4) is 5.82 Å². The molecular weight excluding hydrogens is 551 g/mol. The molecule has 2 aliphatic rings. The van der Waals surface area contributed by atoms with Gasteiger partial charge >= 0.3 is 0 Å². The third-order valence-corrected chi connectivity index (χ3v) is 8.20. The molecule has 5 heterocycles. The van der Waals surface area contributed by atoms with Gasteiger partial charge in [-0.2, -0.15) is 10.2 Å². The zero-order chi connectivity index (χ0) is 30.3. The number of allylic oxidation sites excluding steroid dienone is 1. The minimum absolute atomic E-state index is 0.0129. The fraction of sp³-hybridized carbons (Fsp3) is 0.367. The maximum Gasteiger partial charge on any atom is 0.249 e. The van der Waals surface area contributed by atoms with E-state index in [9.17, 15) is 14.0 Å². The molecule has 2 N–H and O–H groups in total. The smallest absolute Gasteiger partial charge is 0.249 e. The van der Waals surface area contributed by atoms with E-state index in [2.05, 4.69) is 30.6 Å². The number of anilines is 2. The maximum absolute atomic E-state index is 14.3. The van der Waals surface area contributed by atoms with Gasteiger partial charge in [-0.1, -0.05) is 12.1 Å². The number of aromatic amines is 1. The van der Waals surface area contributed by atoms with E-state index in [1.165, 1.54) is 10.9 Å². The largest absolute Gasteiger partial charge is 0.326 e. The summed E-state index contributed by atoms with van der Waals surface area (Å²) in [6.07, 6.45) is 7.36. The molecule has 0 radical (unpaired) electrons. The number of likely N-dealkylation sites (N-methyl/N-ethyl adjacent to an activating group) is 1. The minimum Gasteiger partial charge on any atom is -0.326 e. The van der Waals surface area contributed by atoms with Crippen molar-refractivity contribution < 1.29 is 14.0 Å². The van der Waals surface area contributed by atoms with E-state index in [-0.39, 0.29) is 18.4 Å². The molecule has 12 nitrogen and oxygen atoms in total. The second kappa shape index (κ2) is 11.0. The molecule has 0 aromatic carbocycles. The number of nitrogens with zero attached hydrogens (tertiary/aromatic N) is 8. The normalized spacial score (nSPS) is 19.6. The fourth-order valence-corrected chi connectivity index (χ4v) is 5.97. The van der Waals surface area contributed by atoms with Crippen molar-refractivity contribution in [2.75, 3.05) is 18.4 Å². The topological polar surface area (TPSA) is 138 Å². The van der Waals surface area contributed by atoms with Gasteiger partial charge in [-0.25, -0.2) is 24.0 Å². The van der Waals surface area contributed by atoms with Crippen LogP contribution in [0.2, 0.25) is 0 Å². The second-order valence-electron chi connectivity index (χ2n) is 11.0. The quantitative estimate of drug-likeness (QED) is 0.332. The van der Waals surface area contributed by atoms with Gasteiger partial charge in [-0.15, -0.1) is 0 Å². The molecule has 222 valence electrons. The molecule has 2 unspecified atom stereocenters. The number of hydrogen-bond acceptors (Lipinski definition) is 8. The molecule has 1 fully saturated rings. The Balaban J connectivity index is 1.24. The number of H-pyrrole nitrogens is 1. The zero-order valence-corrected chi connectivity index (χ0v) is 24.5. The number of aromatic nitrogens is 7. The highest BCUT2D eigenvalue weighted by atomic mass is 19.1. The Morgan fingerprint density at radius 2 is 1.98 bits per heavy atom. The molecule has 4 aromatic rings. The lowest BCUT2D eigenvalue weighted by Crippen LogP contribution is -2.68. The Hall–Kier alpha value is -4.94. The molecule has 13 heteroatoms. The van der Waals surface area contributed by atoms with E-state index in [1.807, 2.05) is 52.0 Å². The molecule has 2 amide bonds. The first-order valence-electron chi connectivity index (χ1n) is 14.3. The standard InChI is InChI=1S/C30H33FN10O2/c1-5-40-27(42)17-39(20(4)22-6-7-26(32-14-22)41-16-23(31)15-33-41)29(43)30(40)10-8-21(9-11-30)28-34-18(2)12-24(36-28)35-25-13-19(3)37-38-25/h6-8,12-16,20H,5,9-11,17H2,1-4H3,(H2,34,35,36,37,38). The first kappa shape index (κ1) is 28.2. The van der Waals surface area contributed by atoms with Gasteiger partial charge in [0.25, 0.3) is 0 Å². The highest BCUT2D eigenvalue weighted by Gasteiger charge is 2.53. The number of rotatable bonds is 7. The van der Waals surface area contributed by atoms with Crippen LogP contribution in [0.5, 0.6) is 0 Å². The zero-order valence-electron chi connectivity index (χ0n) is 24.5. The van der Waals surface area contributed by atoms with E-state index in [1.54, 1.807) is 22.1 Å². The SMILES string of the molecule is CCN1C(=O)CN(C(C)c2ccc(-n3cc(F)cn3)nc2)C(=O)C12CC=C(c1nc(C)cc(Nc3cc(C)[nH]n3)n1)CC2. The molecule has 43 heavy (non-hydrogen) atoms. The van der Waals surface area contributed by atoms with Gasteiger partial charge in [0.1, 0.15) is 17.9 Å². The van der Waals surface area contributed by atoms with Crippen LogP contribution in [0, 0.1) is 19.7 Å². The predicted molar refractivity (Wildman–Crippen MR) is 157 cm³/mol. The summed E-state index contributed by atoms with van der Waals surface area (Å²) in [7, 11) is 0. The summed E-state index contributed by atoms with van der Waals surface area (Å²) in [4.78, 5) is 44.9. The first-order valence-corrected chi connectivity index (χ1v) is 14.3. The third-order valence-electron chi connectivity index (χ3n) is 8.20. The van der Waals surface area contributed by atoms with Gasteiger partial charge < -0.3 is 15.1 Å². The third kappa shape index (κ3) is 5.26. The highest BCUT2D eigenvalue weighted by Crippen LogP contribution is 2.41. The van der Waals surface area contributed by atoms with Crippen LogP contribution < -0.4 is 5.32 Å². The summed E-state index contributed by atoms with van der Waals surface area (Å²) in [5.41, 5.74) is 2.46. The Morgan fingerprint density at radius 1 is 1.14 bits per heavy atom. The number of carbonyl (C=O) groups excluding carboxylic acids is 2. The number of hydrogen-bond donors (Lipinski definition) is 2. The lowest BCUT2D eigenvalue weighted by atomic mass is 9.77. The number of pyridine rings is 1. The second-order valence-corrected chi connectivity index (χ2v) is 11.0. The monoisotopic (exact) mass is 584 g/mol. The van der Waals surface area contributed by atoms with Crippen LogP contribution in [-0.4, -0.2) is 75.2 Å². The van der Waals surface area contributed by atoms with Crippen LogP contribution in [0.4, 0.5) is 16.0 Å². The molecule has 6 rings (SSSR count). The lowest BCUT2D eigenvalue weighted by Gasteiger charge is -2.51. The molecular formula is C30H33FN10O2. The van der Waals surface area contributed by atoms with E-state index in [4.69, 9.17) is 4.98 Å². The summed E-state index contributed by atoms with van der Waals surface area (Å²) in [6, 6.07) is 6.90. The minimum atomic E-state index is -0.987. The maximum atomic E-state index is 14.3. The van der Waals surface area contributed by atoms with E-state index in [0.717, 1.165) is 28.7 Å². The van der Waals surface area contributed by atoms with Crippen LogP contribution in [0.15, 0.2) is 48.9 Å². The van der Waals surface area contributed by atoms with Crippen molar-refractivity contribution >= 4 is 29.0 Å². The molecule has 1 saturated heterocycles. The summed E-state index contributed by atoms with van der Waals surface area (Å²) >= 11 is 0. The van der Waals surface area contributed by atoms with Crippen molar-refractivity contribution in [1.29, 1.82) is 0 Å². The van der Waals surface area contributed by atoms with E-state index in [0.29, 0.717) is 49.1 Å². The summed E-state index contributed by atoms with van der Waals surface area (Å²) in [6.45, 7) is 8.06. The number of amides is 2. The Morgan fingerprint density at radius 3 is 2.60 bits per heavy atom. The number of piperazine rings is 1. The number of carbonyl (C=O) groups is 2. The Kier molecular flexibility index (Phi) is 7.24. The van der Waals surface area contributed by atoms with Gasteiger partial charge in [0, 0.05) is 36.3 Å². The molecule has 1 aliphatic heterocycles. The summed E-state index contributed by atoms with van der Waals surface area (Å²) < 4.78 is 14.7. The summed E-state index contributed by atoms with van der Waals surface area (Å²) in [5.74, 6) is 1.71. The van der Waals surface area contributed by atoms with Crippen LogP contribution >= 0.6 is 0 Å². The van der Waals surface area contributed by atoms with Crippen molar-refractivity contribution in [1.82, 2.24) is 44.7 Å². The summed E-state index contributed by atoms with van der Waals surface area (Å²) in [5, 5.41) is 14.3. The number of halogens is 1. The lowest BCUT2D eigenvalue weighted by molar-refractivity contribution is -0.167. The van der Waals surface area contributed by atoms with Gasteiger partial charge in [0.2, 0.25) is 11.8 Å². The number of aryl methyl sites for hydroxylation is 2. The van der Waals surface area contributed by atoms with Crippen molar-refractivity contribution in [2.45, 2.75) is 58.5 Å². The molecule has 1 aliphatic carbocycles. The van der Waals surface area contributed by atoms with Crippen LogP contribution in [-0.2, 0) is 9.59 Å². The molecule has 0 saturated carbocycles. The molecule has 4 aromatic heterocycles. The van der Waals surface area contributed by atoms with Crippen LogP contribution in [0.25, 0.3) is 11.4 Å². The Bertz CT molecular complexity index is 1710. The number of nitrogens with one attached hydrogen (secondary N) is 2.